The number of pyridine rings is 1. The SMILES string of the molecule is Cn1cc2c(F)c(F)c(=O)[nH]c2nc1=O. The van der Waals surface area contributed by atoms with E-state index in [-0.39, 0.29) is 11.0 Å². The van der Waals surface area contributed by atoms with Crippen molar-refractivity contribution in [1.82, 2.24) is 14.5 Å². The molecule has 2 aromatic rings. The molecule has 0 aliphatic carbocycles. The Morgan fingerprint density at radius 1 is 1.33 bits per heavy atom. The maximum absolute atomic E-state index is 13.2. The summed E-state index contributed by atoms with van der Waals surface area (Å²) in [6.45, 7) is 0. The van der Waals surface area contributed by atoms with E-state index in [1.165, 1.54) is 7.05 Å². The molecule has 1 N–H and O–H groups in total. The molecule has 0 fully saturated rings. The summed E-state index contributed by atoms with van der Waals surface area (Å²) in [4.78, 5) is 27.2. The molecule has 2 aromatic heterocycles. The highest BCUT2D eigenvalue weighted by molar-refractivity contribution is 5.73. The molecule has 0 amide bonds. The highest BCUT2D eigenvalue weighted by Gasteiger charge is 2.13. The summed E-state index contributed by atoms with van der Waals surface area (Å²) < 4.78 is 27.1. The van der Waals surface area contributed by atoms with E-state index in [4.69, 9.17) is 0 Å². The lowest BCUT2D eigenvalue weighted by atomic mass is 10.3. The van der Waals surface area contributed by atoms with Crippen LogP contribution in [0, 0.1) is 11.6 Å². The number of nitrogens with one attached hydrogen (secondary N) is 1. The summed E-state index contributed by atoms with van der Waals surface area (Å²) in [5.74, 6) is -2.82. The van der Waals surface area contributed by atoms with Crippen molar-refractivity contribution in [2.75, 3.05) is 0 Å². The molecule has 15 heavy (non-hydrogen) atoms. The Hall–Kier alpha value is -2.05. The molecule has 78 valence electrons. The first-order valence-corrected chi connectivity index (χ1v) is 3.95. The third-order valence-electron chi connectivity index (χ3n) is 1.95. The van der Waals surface area contributed by atoms with E-state index in [9.17, 15) is 18.4 Å². The van der Waals surface area contributed by atoms with Crippen molar-refractivity contribution in [1.29, 1.82) is 0 Å². The number of hydrogen-bond donors (Lipinski definition) is 1. The maximum atomic E-state index is 13.2. The van der Waals surface area contributed by atoms with Crippen molar-refractivity contribution in [3.63, 3.8) is 0 Å². The molecule has 0 saturated heterocycles. The van der Waals surface area contributed by atoms with Gasteiger partial charge in [0.25, 0.3) is 5.56 Å². The van der Waals surface area contributed by atoms with Crippen LogP contribution in [-0.2, 0) is 7.05 Å². The number of fused-ring (bicyclic) bond motifs is 1. The van der Waals surface area contributed by atoms with Gasteiger partial charge in [0, 0.05) is 13.2 Å². The molecule has 0 bridgehead atoms. The largest absolute Gasteiger partial charge is 0.349 e. The molecule has 0 aromatic carbocycles. The van der Waals surface area contributed by atoms with Crippen molar-refractivity contribution < 1.29 is 8.78 Å². The minimum atomic E-state index is -1.51. The number of H-pyrrole nitrogens is 1. The van der Waals surface area contributed by atoms with Gasteiger partial charge < -0.3 is 9.55 Å². The second kappa shape index (κ2) is 2.97. The van der Waals surface area contributed by atoms with Crippen LogP contribution in [0.2, 0.25) is 0 Å². The van der Waals surface area contributed by atoms with Crippen LogP contribution in [0.5, 0.6) is 0 Å². The first-order chi connectivity index (χ1) is 7.00. The number of nitrogens with zero attached hydrogens (tertiary/aromatic N) is 2. The summed E-state index contributed by atoms with van der Waals surface area (Å²) in [5.41, 5.74) is -2.16. The van der Waals surface area contributed by atoms with Crippen LogP contribution in [0.4, 0.5) is 8.78 Å². The fraction of sp³-hybridized carbons (Fsp3) is 0.125. The molecule has 2 heterocycles. The van der Waals surface area contributed by atoms with Crippen LogP contribution >= 0.6 is 0 Å². The molecule has 7 heteroatoms. The van der Waals surface area contributed by atoms with Crippen molar-refractivity contribution >= 4 is 11.0 Å². The highest BCUT2D eigenvalue weighted by Crippen LogP contribution is 2.11. The van der Waals surface area contributed by atoms with Crippen molar-refractivity contribution in [3.05, 3.63) is 38.7 Å². The van der Waals surface area contributed by atoms with Crippen LogP contribution in [0.15, 0.2) is 15.8 Å². The minimum absolute atomic E-state index is 0.241. The average molecular weight is 213 g/mol. The van der Waals surface area contributed by atoms with E-state index in [1.54, 1.807) is 0 Å². The molecular weight excluding hydrogens is 208 g/mol. The lowest BCUT2D eigenvalue weighted by molar-refractivity contribution is 0.503. The van der Waals surface area contributed by atoms with Gasteiger partial charge in [-0.1, -0.05) is 0 Å². The monoisotopic (exact) mass is 213 g/mol. The maximum Gasteiger partial charge on any atom is 0.349 e. The van der Waals surface area contributed by atoms with Gasteiger partial charge in [-0.3, -0.25) is 4.79 Å². The molecule has 0 spiro atoms. The molecule has 0 atom stereocenters. The van der Waals surface area contributed by atoms with E-state index >= 15 is 0 Å². The van der Waals surface area contributed by atoms with E-state index < -0.39 is 22.9 Å². The topological polar surface area (TPSA) is 67.8 Å². The van der Waals surface area contributed by atoms with E-state index in [0.29, 0.717) is 0 Å². The Morgan fingerprint density at radius 2 is 2.00 bits per heavy atom. The Bertz CT molecular complexity index is 654. The number of aryl methyl sites for hydroxylation is 1. The number of halogens is 2. The summed E-state index contributed by atoms with van der Waals surface area (Å²) >= 11 is 0. The molecule has 2 rings (SSSR count). The second-order valence-electron chi connectivity index (χ2n) is 2.98. The fourth-order valence-electron chi connectivity index (χ4n) is 1.18. The Morgan fingerprint density at radius 3 is 2.67 bits per heavy atom. The van der Waals surface area contributed by atoms with Crippen LogP contribution in [-0.4, -0.2) is 14.5 Å². The van der Waals surface area contributed by atoms with Crippen LogP contribution in [0.3, 0.4) is 0 Å². The first kappa shape index (κ1) is 9.50. The van der Waals surface area contributed by atoms with Crippen LogP contribution < -0.4 is 11.2 Å². The molecule has 0 unspecified atom stereocenters. The minimum Gasteiger partial charge on any atom is -0.304 e. The number of aromatic nitrogens is 3. The zero-order valence-electron chi connectivity index (χ0n) is 7.54. The van der Waals surface area contributed by atoms with Gasteiger partial charge in [-0.2, -0.15) is 9.37 Å². The zero-order chi connectivity index (χ0) is 11.2. The quantitative estimate of drug-likeness (QED) is 0.664. The van der Waals surface area contributed by atoms with E-state index in [0.717, 1.165) is 10.8 Å². The average Bonchev–Trinajstić information content (AvgIpc) is 2.19. The molecule has 5 nitrogen and oxygen atoms in total. The van der Waals surface area contributed by atoms with Gasteiger partial charge >= 0.3 is 5.69 Å². The summed E-state index contributed by atoms with van der Waals surface area (Å²) in [6.07, 6.45) is 1.07. The zero-order valence-corrected chi connectivity index (χ0v) is 7.54. The molecule has 0 saturated carbocycles. The molecule has 0 aliphatic heterocycles. The first-order valence-electron chi connectivity index (χ1n) is 3.95. The number of hydrogen-bond acceptors (Lipinski definition) is 3. The Labute approximate surface area is 81.0 Å². The van der Waals surface area contributed by atoms with Crippen molar-refractivity contribution in [2.24, 2.45) is 7.05 Å². The van der Waals surface area contributed by atoms with Gasteiger partial charge in [0.2, 0.25) is 5.82 Å². The van der Waals surface area contributed by atoms with Gasteiger partial charge in [0.1, 0.15) is 0 Å². The Kier molecular flexibility index (Phi) is 1.88. The third kappa shape index (κ3) is 1.32. The van der Waals surface area contributed by atoms with Crippen molar-refractivity contribution in [2.45, 2.75) is 0 Å². The summed E-state index contributed by atoms with van der Waals surface area (Å²) in [7, 11) is 1.34. The van der Waals surface area contributed by atoms with Crippen LogP contribution in [0.1, 0.15) is 0 Å². The van der Waals surface area contributed by atoms with Gasteiger partial charge in [-0.25, -0.2) is 9.18 Å². The van der Waals surface area contributed by atoms with Gasteiger partial charge in [-0.15, -0.1) is 0 Å². The Balaban J connectivity index is 3.06. The smallest absolute Gasteiger partial charge is 0.304 e. The number of rotatable bonds is 0. The van der Waals surface area contributed by atoms with Crippen LogP contribution in [0.25, 0.3) is 11.0 Å². The van der Waals surface area contributed by atoms with E-state index in [2.05, 4.69) is 4.98 Å². The lowest BCUT2D eigenvalue weighted by Gasteiger charge is -2.01. The van der Waals surface area contributed by atoms with Gasteiger partial charge in [-0.05, 0) is 0 Å². The normalized spacial score (nSPS) is 10.9. The molecule has 0 radical (unpaired) electrons. The lowest BCUT2D eigenvalue weighted by Crippen LogP contribution is -2.23. The third-order valence-corrected chi connectivity index (χ3v) is 1.95. The molecular formula is C8H5F2N3O2. The molecule has 0 aliphatic rings. The van der Waals surface area contributed by atoms with E-state index in [1.807, 2.05) is 4.98 Å². The highest BCUT2D eigenvalue weighted by atomic mass is 19.2. The van der Waals surface area contributed by atoms with Gasteiger partial charge in [0.15, 0.2) is 11.5 Å². The van der Waals surface area contributed by atoms with Gasteiger partial charge in [0.05, 0.1) is 5.39 Å². The predicted octanol–water partition coefficient (Wildman–Crippen LogP) is -0.100. The standard InChI is InChI=1S/C8H5F2N3O2/c1-13-2-3-4(9)5(10)7(14)11-6(3)12-8(13)15/h2H,1H3,(H,11,12,14,15). The summed E-state index contributed by atoms with van der Waals surface area (Å²) in [5, 5.41) is -0.241. The van der Waals surface area contributed by atoms with Crippen molar-refractivity contribution in [3.8, 4) is 0 Å². The second-order valence-corrected chi connectivity index (χ2v) is 2.98. The fourth-order valence-corrected chi connectivity index (χ4v) is 1.18. The summed E-state index contributed by atoms with van der Waals surface area (Å²) in [6, 6.07) is 0. The predicted molar refractivity (Wildman–Crippen MR) is 47.5 cm³/mol. The number of aromatic amines is 1.